The minimum atomic E-state index is -0.257. The lowest BCUT2D eigenvalue weighted by molar-refractivity contribution is -0.119. The fraction of sp³-hybridized carbons (Fsp3) is 0.500. The molecule has 0 unspecified atom stereocenters. The van der Waals surface area contributed by atoms with Crippen molar-refractivity contribution in [1.29, 1.82) is 0 Å². The van der Waals surface area contributed by atoms with Gasteiger partial charge in [0.2, 0.25) is 5.91 Å². The number of anilines is 1. The predicted molar refractivity (Wildman–Crippen MR) is 73.0 cm³/mol. The molecule has 1 aliphatic heterocycles. The van der Waals surface area contributed by atoms with Gasteiger partial charge < -0.3 is 16.4 Å². The van der Waals surface area contributed by atoms with Crippen molar-refractivity contribution < 1.29 is 9.18 Å². The molecule has 1 aromatic carbocycles. The third-order valence-electron chi connectivity index (χ3n) is 3.71. The molecule has 1 amide bonds. The minimum Gasteiger partial charge on any atom is -0.371 e. The van der Waals surface area contributed by atoms with Crippen molar-refractivity contribution in [3.05, 3.63) is 29.6 Å². The molecule has 1 fully saturated rings. The summed E-state index contributed by atoms with van der Waals surface area (Å²) in [6.07, 6.45) is 2.33. The second-order valence-electron chi connectivity index (χ2n) is 5.08. The molecule has 0 atom stereocenters. The van der Waals surface area contributed by atoms with Gasteiger partial charge in [-0.1, -0.05) is 0 Å². The van der Waals surface area contributed by atoms with Crippen LogP contribution in [0.25, 0.3) is 0 Å². The van der Waals surface area contributed by atoms with Gasteiger partial charge in [-0.05, 0) is 42.5 Å². The Hall–Kier alpha value is -1.62. The molecule has 0 spiro atoms. The van der Waals surface area contributed by atoms with Crippen LogP contribution in [0, 0.1) is 11.7 Å². The van der Waals surface area contributed by atoms with Crippen molar-refractivity contribution in [3.63, 3.8) is 0 Å². The molecule has 2 rings (SSSR count). The number of halogens is 1. The van der Waals surface area contributed by atoms with Crippen LogP contribution in [-0.4, -0.2) is 19.0 Å². The highest BCUT2D eigenvalue weighted by molar-refractivity contribution is 5.74. The van der Waals surface area contributed by atoms with E-state index in [1.54, 1.807) is 6.07 Å². The van der Waals surface area contributed by atoms with Gasteiger partial charge in [-0.3, -0.25) is 4.79 Å². The van der Waals surface area contributed by atoms with E-state index in [1.807, 2.05) is 0 Å². The SMILES string of the molecule is NCc1cc(F)ccc1N1CCC(CC(N)=O)CC1. The topological polar surface area (TPSA) is 72.3 Å². The molecular formula is C14H20FN3O. The number of hydrogen-bond acceptors (Lipinski definition) is 3. The summed E-state index contributed by atoms with van der Waals surface area (Å²) >= 11 is 0. The molecule has 4 N–H and O–H groups in total. The Bertz CT molecular complexity index is 456. The monoisotopic (exact) mass is 265 g/mol. The molecule has 104 valence electrons. The van der Waals surface area contributed by atoms with Gasteiger partial charge >= 0.3 is 0 Å². The zero-order valence-corrected chi connectivity index (χ0v) is 10.9. The van der Waals surface area contributed by atoms with Gasteiger partial charge in [0.1, 0.15) is 5.82 Å². The van der Waals surface area contributed by atoms with E-state index in [0.29, 0.717) is 18.9 Å². The molecular weight excluding hydrogens is 245 g/mol. The van der Waals surface area contributed by atoms with Crippen molar-refractivity contribution in [1.82, 2.24) is 0 Å². The van der Waals surface area contributed by atoms with Crippen molar-refractivity contribution in [2.75, 3.05) is 18.0 Å². The summed E-state index contributed by atoms with van der Waals surface area (Å²) < 4.78 is 13.2. The zero-order valence-electron chi connectivity index (χ0n) is 10.9. The van der Waals surface area contributed by atoms with Crippen LogP contribution in [0.4, 0.5) is 10.1 Å². The van der Waals surface area contributed by atoms with Crippen LogP contribution in [0.3, 0.4) is 0 Å². The van der Waals surface area contributed by atoms with Crippen molar-refractivity contribution in [3.8, 4) is 0 Å². The van der Waals surface area contributed by atoms with E-state index < -0.39 is 0 Å². The lowest BCUT2D eigenvalue weighted by Gasteiger charge is -2.34. The summed E-state index contributed by atoms with van der Waals surface area (Å²) in [7, 11) is 0. The summed E-state index contributed by atoms with van der Waals surface area (Å²) in [6, 6.07) is 4.74. The summed E-state index contributed by atoms with van der Waals surface area (Å²) in [5.74, 6) is -0.119. The van der Waals surface area contributed by atoms with E-state index in [9.17, 15) is 9.18 Å². The van der Waals surface area contributed by atoms with Gasteiger partial charge in [0, 0.05) is 31.7 Å². The Morgan fingerprint density at radius 1 is 1.37 bits per heavy atom. The van der Waals surface area contributed by atoms with Crippen LogP contribution in [-0.2, 0) is 11.3 Å². The van der Waals surface area contributed by atoms with E-state index >= 15 is 0 Å². The molecule has 0 radical (unpaired) electrons. The number of benzene rings is 1. The van der Waals surface area contributed by atoms with Crippen molar-refractivity contribution >= 4 is 11.6 Å². The van der Waals surface area contributed by atoms with Crippen molar-refractivity contribution in [2.24, 2.45) is 17.4 Å². The molecule has 1 aromatic rings. The largest absolute Gasteiger partial charge is 0.371 e. The maximum Gasteiger partial charge on any atom is 0.217 e. The van der Waals surface area contributed by atoms with Crippen molar-refractivity contribution in [2.45, 2.75) is 25.8 Å². The summed E-state index contributed by atoms with van der Waals surface area (Å²) in [4.78, 5) is 13.1. The summed E-state index contributed by atoms with van der Waals surface area (Å²) in [6.45, 7) is 2.04. The van der Waals surface area contributed by atoms with E-state index in [2.05, 4.69) is 4.90 Å². The highest BCUT2D eigenvalue weighted by Gasteiger charge is 2.22. The quantitative estimate of drug-likeness (QED) is 0.863. The van der Waals surface area contributed by atoms with Gasteiger partial charge in [0.15, 0.2) is 0 Å². The number of amides is 1. The van der Waals surface area contributed by atoms with Gasteiger partial charge in [-0.25, -0.2) is 4.39 Å². The fourth-order valence-corrected chi connectivity index (χ4v) is 2.69. The fourth-order valence-electron chi connectivity index (χ4n) is 2.69. The van der Waals surface area contributed by atoms with E-state index in [1.165, 1.54) is 12.1 Å². The minimum absolute atomic E-state index is 0.233. The average molecular weight is 265 g/mol. The Labute approximate surface area is 112 Å². The van der Waals surface area contributed by atoms with Crippen LogP contribution in [0.2, 0.25) is 0 Å². The smallest absolute Gasteiger partial charge is 0.217 e. The number of nitrogens with two attached hydrogens (primary N) is 2. The maximum absolute atomic E-state index is 13.2. The molecule has 1 saturated heterocycles. The third kappa shape index (κ3) is 3.44. The first kappa shape index (κ1) is 13.8. The Balaban J connectivity index is 2.03. The van der Waals surface area contributed by atoms with Crippen LogP contribution in [0.15, 0.2) is 18.2 Å². The van der Waals surface area contributed by atoms with Crippen LogP contribution in [0.1, 0.15) is 24.8 Å². The molecule has 1 aliphatic rings. The van der Waals surface area contributed by atoms with E-state index in [-0.39, 0.29) is 11.7 Å². The first-order valence-electron chi connectivity index (χ1n) is 6.62. The molecule has 0 aromatic heterocycles. The van der Waals surface area contributed by atoms with Crippen LogP contribution in [0.5, 0.6) is 0 Å². The Morgan fingerprint density at radius 3 is 2.63 bits per heavy atom. The number of primary amides is 1. The summed E-state index contributed by atoms with van der Waals surface area (Å²) in [5.41, 5.74) is 12.7. The molecule has 0 saturated carbocycles. The van der Waals surface area contributed by atoms with Crippen LogP contribution < -0.4 is 16.4 Å². The van der Waals surface area contributed by atoms with Gasteiger partial charge in [-0.2, -0.15) is 0 Å². The number of piperidine rings is 1. The van der Waals surface area contributed by atoms with E-state index in [4.69, 9.17) is 11.5 Å². The first-order chi connectivity index (χ1) is 9.10. The van der Waals surface area contributed by atoms with Gasteiger partial charge in [-0.15, -0.1) is 0 Å². The Morgan fingerprint density at radius 2 is 2.05 bits per heavy atom. The van der Waals surface area contributed by atoms with Crippen LogP contribution >= 0.6 is 0 Å². The number of hydrogen-bond donors (Lipinski definition) is 2. The lowest BCUT2D eigenvalue weighted by Crippen LogP contribution is -2.35. The molecule has 1 heterocycles. The number of rotatable bonds is 4. The third-order valence-corrected chi connectivity index (χ3v) is 3.71. The van der Waals surface area contributed by atoms with Gasteiger partial charge in [0.25, 0.3) is 0 Å². The second-order valence-corrected chi connectivity index (χ2v) is 5.08. The molecule has 4 nitrogen and oxygen atoms in total. The number of carbonyl (C=O) groups is 1. The standard InChI is InChI=1S/C14H20FN3O/c15-12-1-2-13(11(8-12)9-16)18-5-3-10(4-6-18)7-14(17)19/h1-2,8,10H,3-7,9,16H2,(H2,17,19). The lowest BCUT2D eigenvalue weighted by atomic mass is 9.92. The number of carbonyl (C=O) groups excluding carboxylic acids is 1. The van der Waals surface area contributed by atoms with Gasteiger partial charge in [0.05, 0.1) is 0 Å². The molecule has 19 heavy (non-hydrogen) atoms. The predicted octanol–water partition coefficient (Wildman–Crippen LogP) is 1.38. The zero-order chi connectivity index (χ0) is 13.8. The second kappa shape index (κ2) is 6.02. The van der Waals surface area contributed by atoms with E-state index in [0.717, 1.165) is 37.2 Å². The average Bonchev–Trinajstić information content (AvgIpc) is 2.39. The normalized spacial score (nSPS) is 16.6. The molecule has 5 heteroatoms. The molecule has 0 bridgehead atoms. The maximum atomic E-state index is 13.2. The summed E-state index contributed by atoms with van der Waals surface area (Å²) in [5, 5.41) is 0. The Kier molecular flexibility index (Phi) is 4.37. The highest BCUT2D eigenvalue weighted by Crippen LogP contribution is 2.28. The number of nitrogens with zero attached hydrogens (tertiary/aromatic N) is 1. The first-order valence-corrected chi connectivity index (χ1v) is 6.62. The highest BCUT2D eigenvalue weighted by atomic mass is 19.1. The molecule has 0 aliphatic carbocycles.